The van der Waals surface area contributed by atoms with Gasteiger partial charge in [0, 0.05) is 40.8 Å². The number of fused-ring (bicyclic) bond motifs is 1. The molecule has 1 aromatic carbocycles. The zero-order chi connectivity index (χ0) is 14.5. The molecule has 2 unspecified atom stereocenters. The average molecular weight is 292 g/mol. The molecule has 0 aliphatic carbocycles. The minimum absolute atomic E-state index is 0.0753. The zero-order valence-electron chi connectivity index (χ0n) is 12.0. The van der Waals surface area contributed by atoms with Crippen LogP contribution in [0.5, 0.6) is 0 Å². The van der Waals surface area contributed by atoms with Crippen LogP contribution in [-0.4, -0.2) is 38.8 Å². The summed E-state index contributed by atoms with van der Waals surface area (Å²) in [7, 11) is -0.848. The molecule has 0 aliphatic heterocycles. The topological polar surface area (TPSA) is 66.9 Å². The van der Waals surface area contributed by atoms with Crippen molar-refractivity contribution >= 4 is 33.5 Å². The number of nitrogens with one attached hydrogen (secondary N) is 2. The van der Waals surface area contributed by atoms with Gasteiger partial charge in [0.15, 0.2) is 0 Å². The van der Waals surface area contributed by atoms with Crippen molar-refractivity contribution in [2.75, 3.05) is 30.0 Å². The van der Waals surface area contributed by atoms with Gasteiger partial charge in [-0.1, -0.05) is 12.1 Å². The average Bonchev–Trinajstić information content (AvgIpc) is 2.44. The molecule has 1 aromatic heterocycles. The first-order valence-corrected chi connectivity index (χ1v) is 8.30. The van der Waals surface area contributed by atoms with E-state index in [2.05, 4.69) is 20.6 Å². The molecule has 2 atom stereocenters. The number of hydrogen-bond acceptors (Lipinski definition) is 5. The largest absolute Gasteiger partial charge is 0.368 e. The summed E-state index contributed by atoms with van der Waals surface area (Å²) in [5, 5.41) is 7.46. The lowest BCUT2D eigenvalue weighted by molar-refractivity contribution is 0.679. The fourth-order valence-corrected chi connectivity index (χ4v) is 2.12. The lowest BCUT2D eigenvalue weighted by Gasteiger charge is -2.13. The number of aromatic nitrogens is 2. The van der Waals surface area contributed by atoms with Crippen LogP contribution in [0.25, 0.3) is 10.9 Å². The normalized spacial score (nSPS) is 13.9. The molecule has 0 radical (unpaired) electrons. The molecule has 20 heavy (non-hydrogen) atoms. The zero-order valence-corrected chi connectivity index (χ0v) is 12.8. The van der Waals surface area contributed by atoms with Crippen molar-refractivity contribution in [1.82, 2.24) is 9.97 Å². The Morgan fingerprint density at radius 2 is 2.00 bits per heavy atom. The summed E-state index contributed by atoms with van der Waals surface area (Å²) < 4.78 is 11.4. The molecule has 0 fully saturated rings. The van der Waals surface area contributed by atoms with Crippen LogP contribution in [-0.2, 0) is 10.8 Å². The summed E-state index contributed by atoms with van der Waals surface area (Å²) in [5.41, 5.74) is 0.895. The molecule has 108 valence electrons. The number of anilines is 2. The second-order valence-electron chi connectivity index (χ2n) is 4.63. The molecular formula is C14H20N4OS. The number of para-hydroxylation sites is 1. The quantitative estimate of drug-likeness (QED) is 0.854. The Morgan fingerprint density at radius 3 is 2.70 bits per heavy atom. The maximum absolute atomic E-state index is 11.4. The summed E-state index contributed by atoms with van der Waals surface area (Å²) in [6, 6.07) is 7.87. The van der Waals surface area contributed by atoms with E-state index in [1.54, 1.807) is 6.26 Å². The number of benzene rings is 1. The first-order valence-electron chi connectivity index (χ1n) is 6.68. The summed E-state index contributed by atoms with van der Waals surface area (Å²) in [5.74, 6) is 1.39. The van der Waals surface area contributed by atoms with Gasteiger partial charge >= 0.3 is 0 Å². The SMILES string of the molecule is CCNc1nc(NCC(C)S(C)=O)c2ccccc2n1. The highest BCUT2D eigenvalue weighted by atomic mass is 32.2. The van der Waals surface area contributed by atoms with E-state index in [-0.39, 0.29) is 5.25 Å². The van der Waals surface area contributed by atoms with Crippen LogP contribution in [0, 0.1) is 0 Å². The van der Waals surface area contributed by atoms with E-state index in [0.29, 0.717) is 12.5 Å². The molecule has 2 aromatic rings. The molecule has 0 spiro atoms. The van der Waals surface area contributed by atoms with Crippen molar-refractivity contribution in [2.24, 2.45) is 0 Å². The molecule has 0 saturated heterocycles. The van der Waals surface area contributed by atoms with Crippen LogP contribution in [0.3, 0.4) is 0 Å². The second-order valence-corrected chi connectivity index (χ2v) is 6.44. The van der Waals surface area contributed by atoms with Crippen LogP contribution >= 0.6 is 0 Å². The Labute approximate surface area is 121 Å². The van der Waals surface area contributed by atoms with Gasteiger partial charge in [0.1, 0.15) is 5.82 Å². The smallest absolute Gasteiger partial charge is 0.225 e. The molecule has 0 aliphatic rings. The first-order chi connectivity index (χ1) is 9.61. The fraction of sp³-hybridized carbons (Fsp3) is 0.429. The summed E-state index contributed by atoms with van der Waals surface area (Å²) in [6.07, 6.45) is 1.72. The molecule has 1 heterocycles. The lowest BCUT2D eigenvalue weighted by Crippen LogP contribution is -2.21. The summed E-state index contributed by atoms with van der Waals surface area (Å²) >= 11 is 0. The molecule has 6 heteroatoms. The van der Waals surface area contributed by atoms with Crippen molar-refractivity contribution < 1.29 is 4.21 Å². The van der Waals surface area contributed by atoms with Gasteiger partial charge in [0.2, 0.25) is 5.95 Å². The van der Waals surface area contributed by atoms with E-state index < -0.39 is 10.8 Å². The molecular weight excluding hydrogens is 272 g/mol. The Bertz CT molecular complexity index is 617. The van der Waals surface area contributed by atoms with E-state index in [9.17, 15) is 4.21 Å². The van der Waals surface area contributed by atoms with E-state index in [1.165, 1.54) is 0 Å². The number of rotatable bonds is 6. The molecule has 0 amide bonds. The van der Waals surface area contributed by atoms with Crippen molar-refractivity contribution in [3.8, 4) is 0 Å². The van der Waals surface area contributed by atoms with E-state index in [1.807, 2.05) is 38.1 Å². The lowest BCUT2D eigenvalue weighted by atomic mass is 10.2. The highest BCUT2D eigenvalue weighted by molar-refractivity contribution is 7.84. The third-order valence-electron chi connectivity index (χ3n) is 3.06. The monoisotopic (exact) mass is 292 g/mol. The Kier molecular flexibility index (Phi) is 4.89. The molecule has 2 N–H and O–H groups in total. The third kappa shape index (κ3) is 3.45. The second kappa shape index (κ2) is 6.65. The Morgan fingerprint density at radius 1 is 1.25 bits per heavy atom. The van der Waals surface area contributed by atoms with Gasteiger partial charge in [0.05, 0.1) is 5.52 Å². The van der Waals surface area contributed by atoms with Gasteiger partial charge in [-0.3, -0.25) is 4.21 Å². The van der Waals surface area contributed by atoms with Crippen LogP contribution in [0.15, 0.2) is 24.3 Å². The van der Waals surface area contributed by atoms with Crippen LogP contribution in [0.1, 0.15) is 13.8 Å². The highest BCUT2D eigenvalue weighted by Crippen LogP contribution is 2.21. The standard InChI is InChI=1S/C14H20N4OS/c1-4-15-14-17-12-8-6-5-7-11(12)13(18-14)16-9-10(2)20(3)19/h5-8,10H,4,9H2,1-3H3,(H2,15,16,17,18). The van der Waals surface area contributed by atoms with Crippen LogP contribution in [0.2, 0.25) is 0 Å². The molecule has 0 bridgehead atoms. The summed E-state index contributed by atoms with van der Waals surface area (Å²) in [4.78, 5) is 8.96. The predicted molar refractivity (Wildman–Crippen MR) is 85.7 cm³/mol. The minimum atomic E-state index is -0.848. The predicted octanol–water partition coefficient (Wildman–Crippen LogP) is 2.24. The first kappa shape index (κ1) is 14.7. The number of nitrogens with zero attached hydrogens (tertiary/aromatic N) is 2. The van der Waals surface area contributed by atoms with Crippen molar-refractivity contribution in [2.45, 2.75) is 19.1 Å². The third-order valence-corrected chi connectivity index (χ3v) is 4.36. The van der Waals surface area contributed by atoms with Gasteiger partial charge in [-0.05, 0) is 26.0 Å². The number of hydrogen-bond donors (Lipinski definition) is 2. The minimum Gasteiger partial charge on any atom is -0.368 e. The van der Waals surface area contributed by atoms with E-state index in [4.69, 9.17) is 0 Å². The van der Waals surface area contributed by atoms with Gasteiger partial charge in [0.25, 0.3) is 0 Å². The van der Waals surface area contributed by atoms with Gasteiger partial charge < -0.3 is 10.6 Å². The Balaban J connectivity index is 2.31. The van der Waals surface area contributed by atoms with Gasteiger partial charge in [-0.25, -0.2) is 4.98 Å². The van der Waals surface area contributed by atoms with Crippen LogP contribution in [0.4, 0.5) is 11.8 Å². The molecule has 0 saturated carbocycles. The molecule has 5 nitrogen and oxygen atoms in total. The maximum atomic E-state index is 11.4. The highest BCUT2D eigenvalue weighted by Gasteiger charge is 2.10. The maximum Gasteiger partial charge on any atom is 0.225 e. The van der Waals surface area contributed by atoms with Crippen molar-refractivity contribution in [1.29, 1.82) is 0 Å². The van der Waals surface area contributed by atoms with Crippen molar-refractivity contribution in [3.63, 3.8) is 0 Å². The molecule has 2 rings (SSSR count). The fourth-order valence-electron chi connectivity index (χ4n) is 1.81. The van der Waals surface area contributed by atoms with Crippen LogP contribution < -0.4 is 10.6 Å². The van der Waals surface area contributed by atoms with Gasteiger partial charge in [-0.15, -0.1) is 0 Å². The Hall–Kier alpha value is -1.69. The van der Waals surface area contributed by atoms with E-state index >= 15 is 0 Å². The van der Waals surface area contributed by atoms with Gasteiger partial charge in [-0.2, -0.15) is 4.98 Å². The summed E-state index contributed by atoms with van der Waals surface area (Å²) in [6.45, 7) is 5.36. The van der Waals surface area contributed by atoms with Crippen molar-refractivity contribution in [3.05, 3.63) is 24.3 Å². The van der Waals surface area contributed by atoms with E-state index in [0.717, 1.165) is 23.3 Å².